The molecule has 2 amide bonds. The second-order valence-corrected chi connectivity index (χ2v) is 9.11. The predicted molar refractivity (Wildman–Crippen MR) is 117 cm³/mol. The first-order valence-electron chi connectivity index (χ1n) is 9.59. The zero-order valence-corrected chi connectivity index (χ0v) is 18.8. The Morgan fingerprint density at radius 1 is 1.03 bits per heavy atom. The average Bonchev–Trinajstić information content (AvgIpc) is 2.75. The fraction of sp³-hybridized carbons (Fsp3) is 0.333. The number of amides is 2. The molecule has 2 rings (SSSR count). The highest BCUT2D eigenvalue weighted by Gasteiger charge is 2.33. The maximum atomic E-state index is 14.5. The standard InChI is InChI=1S/C21H27FN4O4S/c1-16(21(28)23-2)25(14-17-10-6-5-7-11-17)20(27)15-26(31(29,30)24(3)4)19-13-9-8-12-18(19)22/h5-13,16H,14-15H2,1-4H3,(H,23,28)/t16-/m1/s1. The summed E-state index contributed by atoms with van der Waals surface area (Å²) in [5, 5.41) is 2.50. The number of nitrogens with one attached hydrogen (secondary N) is 1. The van der Waals surface area contributed by atoms with Crippen molar-refractivity contribution in [2.24, 2.45) is 0 Å². The van der Waals surface area contributed by atoms with Crippen LogP contribution in [0, 0.1) is 5.82 Å². The Labute approximate surface area is 182 Å². The Hall–Kier alpha value is -2.98. The van der Waals surface area contributed by atoms with Crippen molar-refractivity contribution in [2.45, 2.75) is 19.5 Å². The number of anilines is 1. The van der Waals surface area contributed by atoms with E-state index in [-0.39, 0.29) is 12.2 Å². The van der Waals surface area contributed by atoms with Gasteiger partial charge >= 0.3 is 10.2 Å². The summed E-state index contributed by atoms with van der Waals surface area (Å²) in [5.41, 5.74) is 0.510. The van der Waals surface area contributed by atoms with E-state index >= 15 is 0 Å². The fourth-order valence-corrected chi connectivity index (χ4v) is 3.99. The van der Waals surface area contributed by atoms with Crippen molar-refractivity contribution in [3.63, 3.8) is 0 Å². The first-order chi connectivity index (χ1) is 14.6. The van der Waals surface area contributed by atoms with Gasteiger partial charge in [-0.3, -0.25) is 9.59 Å². The highest BCUT2D eigenvalue weighted by atomic mass is 32.2. The molecule has 0 fully saturated rings. The van der Waals surface area contributed by atoms with E-state index in [1.54, 1.807) is 31.2 Å². The molecule has 0 aliphatic carbocycles. The van der Waals surface area contributed by atoms with E-state index in [2.05, 4.69) is 5.32 Å². The van der Waals surface area contributed by atoms with Gasteiger partial charge in [0.1, 0.15) is 18.4 Å². The Balaban J connectivity index is 2.45. The normalized spacial score (nSPS) is 12.3. The number of hydrogen-bond donors (Lipinski definition) is 1. The molecule has 31 heavy (non-hydrogen) atoms. The molecule has 0 saturated carbocycles. The van der Waals surface area contributed by atoms with Crippen molar-refractivity contribution in [3.05, 3.63) is 66.0 Å². The molecule has 0 aromatic heterocycles. The van der Waals surface area contributed by atoms with Gasteiger partial charge in [0.15, 0.2) is 0 Å². The Morgan fingerprint density at radius 2 is 1.61 bits per heavy atom. The van der Waals surface area contributed by atoms with Crippen LogP contribution in [0.15, 0.2) is 54.6 Å². The minimum Gasteiger partial charge on any atom is -0.357 e. The van der Waals surface area contributed by atoms with Crippen LogP contribution in [-0.2, 0) is 26.3 Å². The average molecular weight is 451 g/mol. The van der Waals surface area contributed by atoms with E-state index in [1.165, 1.54) is 44.2 Å². The smallest absolute Gasteiger partial charge is 0.304 e. The fourth-order valence-electron chi connectivity index (χ4n) is 2.93. The Morgan fingerprint density at radius 3 is 2.16 bits per heavy atom. The summed E-state index contributed by atoms with van der Waals surface area (Å²) in [7, 11) is -0.150. The Kier molecular flexibility index (Phi) is 8.12. The van der Waals surface area contributed by atoms with Crippen LogP contribution in [0.2, 0.25) is 0 Å². The first-order valence-corrected chi connectivity index (χ1v) is 11.0. The molecule has 0 radical (unpaired) electrons. The molecule has 8 nitrogen and oxygen atoms in total. The molecule has 0 aliphatic rings. The molecule has 168 valence electrons. The summed E-state index contributed by atoms with van der Waals surface area (Å²) >= 11 is 0. The van der Waals surface area contributed by atoms with Gasteiger partial charge in [-0.15, -0.1) is 0 Å². The van der Waals surface area contributed by atoms with Crippen molar-refractivity contribution in [3.8, 4) is 0 Å². The van der Waals surface area contributed by atoms with E-state index < -0.39 is 40.4 Å². The molecular weight excluding hydrogens is 423 g/mol. The minimum absolute atomic E-state index is 0.0847. The molecule has 2 aromatic carbocycles. The summed E-state index contributed by atoms with van der Waals surface area (Å²) in [6.45, 7) is 0.963. The molecule has 0 heterocycles. The predicted octanol–water partition coefficient (Wildman–Crippen LogP) is 1.60. The maximum Gasteiger partial charge on any atom is 0.304 e. The quantitative estimate of drug-likeness (QED) is 0.629. The Bertz CT molecular complexity index is 1020. The van der Waals surface area contributed by atoms with Gasteiger partial charge in [0, 0.05) is 27.7 Å². The molecular formula is C21H27FN4O4S. The molecule has 1 N–H and O–H groups in total. The minimum atomic E-state index is -4.19. The number of likely N-dealkylation sites (N-methyl/N-ethyl adjacent to an activating group) is 1. The molecule has 0 spiro atoms. The number of benzene rings is 2. The van der Waals surface area contributed by atoms with Crippen LogP contribution in [0.1, 0.15) is 12.5 Å². The number of para-hydroxylation sites is 1. The van der Waals surface area contributed by atoms with Crippen molar-refractivity contribution in [2.75, 3.05) is 32.0 Å². The van der Waals surface area contributed by atoms with Crippen LogP contribution in [0.3, 0.4) is 0 Å². The number of rotatable bonds is 9. The monoisotopic (exact) mass is 450 g/mol. The topological polar surface area (TPSA) is 90.0 Å². The first kappa shape index (κ1) is 24.3. The van der Waals surface area contributed by atoms with Gasteiger partial charge in [-0.2, -0.15) is 12.7 Å². The van der Waals surface area contributed by atoms with E-state index in [1.807, 2.05) is 6.07 Å². The van der Waals surface area contributed by atoms with Gasteiger partial charge in [-0.1, -0.05) is 42.5 Å². The summed E-state index contributed by atoms with van der Waals surface area (Å²) < 4.78 is 41.9. The van der Waals surface area contributed by atoms with E-state index in [4.69, 9.17) is 0 Å². The second kappa shape index (κ2) is 10.4. The van der Waals surface area contributed by atoms with Crippen molar-refractivity contribution in [1.82, 2.24) is 14.5 Å². The number of carbonyl (C=O) groups is 2. The second-order valence-electron chi connectivity index (χ2n) is 7.05. The third-order valence-electron chi connectivity index (χ3n) is 4.75. The van der Waals surface area contributed by atoms with E-state index in [0.717, 1.165) is 15.9 Å². The van der Waals surface area contributed by atoms with Gasteiger partial charge < -0.3 is 10.2 Å². The lowest BCUT2D eigenvalue weighted by Gasteiger charge is -2.32. The third-order valence-corrected chi connectivity index (χ3v) is 6.56. The highest BCUT2D eigenvalue weighted by molar-refractivity contribution is 7.90. The zero-order valence-electron chi connectivity index (χ0n) is 17.9. The maximum absolute atomic E-state index is 14.5. The van der Waals surface area contributed by atoms with Gasteiger partial charge in [0.25, 0.3) is 0 Å². The van der Waals surface area contributed by atoms with Gasteiger partial charge in [-0.05, 0) is 24.6 Å². The van der Waals surface area contributed by atoms with Crippen molar-refractivity contribution < 1.29 is 22.4 Å². The molecule has 2 aromatic rings. The molecule has 0 saturated heterocycles. The summed E-state index contributed by atoms with van der Waals surface area (Å²) in [6, 6.07) is 13.4. The van der Waals surface area contributed by atoms with Gasteiger partial charge in [0.05, 0.1) is 5.69 Å². The summed E-state index contributed by atoms with van der Waals surface area (Å²) in [6.07, 6.45) is 0. The lowest BCUT2D eigenvalue weighted by molar-refractivity contribution is -0.139. The van der Waals surface area contributed by atoms with Gasteiger partial charge in [-0.25, -0.2) is 8.70 Å². The molecule has 1 atom stereocenters. The number of halogens is 1. The summed E-state index contributed by atoms with van der Waals surface area (Å²) in [4.78, 5) is 26.8. The largest absolute Gasteiger partial charge is 0.357 e. The van der Waals surface area contributed by atoms with Crippen LogP contribution >= 0.6 is 0 Å². The zero-order chi connectivity index (χ0) is 23.2. The molecule has 0 unspecified atom stereocenters. The number of carbonyl (C=O) groups excluding carboxylic acids is 2. The highest BCUT2D eigenvalue weighted by Crippen LogP contribution is 2.23. The van der Waals surface area contributed by atoms with Crippen LogP contribution < -0.4 is 9.62 Å². The third kappa shape index (κ3) is 5.80. The van der Waals surface area contributed by atoms with Crippen LogP contribution in [-0.4, -0.2) is 63.2 Å². The van der Waals surface area contributed by atoms with Crippen molar-refractivity contribution >= 4 is 27.7 Å². The van der Waals surface area contributed by atoms with E-state index in [0.29, 0.717) is 4.31 Å². The SMILES string of the molecule is CNC(=O)[C@@H](C)N(Cc1ccccc1)C(=O)CN(c1ccccc1F)S(=O)(=O)N(C)C. The van der Waals surface area contributed by atoms with Crippen LogP contribution in [0.4, 0.5) is 10.1 Å². The lowest BCUT2D eigenvalue weighted by Crippen LogP contribution is -2.52. The van der Waals surface area contributed by atoms with Crippen LogP contribution in [0.25, 0.3) is 0 Å². The van der Waals surface area contributed by atoms with Crippen molar-refractivity contribution in [1.29, 1.82) is 0 Å². The number of nitrogens with zero attached hydrogens (tertiary/aromatic N) is 3. The summed E-state index contributed by atoms with van der Waals surface area (Å²) in [5.74, 6) is -1.83. The number of hydrogen-bond acceptors (Lipinski definition) is 4. The van der Waals surface area contributed by atoms with Gasteiger partial charge in [0.2, 0.25) is 11.8 Å². The van der Waals surface area contributed by atoms with Crippen LogP contribution in [0.5, 0.6) is 0 Å². The molecule has 0 bridgehead atoms. The molecule has 0 aliphatic heterocycles. The molecule has 10 heteroatoms. The van der Waals surface area contributed by atoms with E-state index in [9.17, 15) is 22.4 Å². The lowest BCUT2D eigenvalue weighted by atomic mass is 10.1.